The van der Waals surface area contributed by atoms with Crippen molar-refractivity contribution in [3.05, 3.63) is 58.0 Å². The van der Waals surface area contributed by atoms with Gasteiger partial charge in [-0.15, -0.1) is 24.6 Å². The van der Waals surface area contributed by atoms with Crippen LogP contribution in [0.15, 0.2) is 46.3 Å². The van der Waals surface area contributed by atoms with Crippen LogP contribution in [0.25, 0.3) is 0 Å². The van der Waals surface area contributed by atoms with Crippen molar-refractivity contribution in [3.8, 4) is 12.8 Å². The van der Waals surface area contributed by atoms with Crippen LogP contribution in [0.5, 0.6) is 0 Å². The number of aryl methyl sites for hydroxylation is 2. The molecule has 2 rings (SSSR count). The lowest BCUT2D eigenvalue weighted by Gasteiger charge is -2.16. The van der Waals surface area contributed by atoms with Crippen molar-refractivity contribution in [2.24, 2.45) is 4.99 Å². The zero-order valence-corrected chi connectivity index (χ0v) is 16.5. The largest absolute Gasteiger partial charge is 0.373 e. The van der Waals surface area contributed by atoms with Gasteiger partial charge in [-0.05, 0) is 42.7 Å². The average Bonchev–Trinajstić information content (AvgIpc) is 2.66. The molecule has 0 saturated heterocycles. The van der Waals surface area contributed by atoms with Gasteiger partial charge in [-0.3, -0.25) is 4.99 Å². The van der Waals surface area contributed by atoms with Crippen molar-refractivity contribution in [2.45, 2.75) is 45.8 Å². The minimum atomic E-state index is 0.919. The Hall–Kier alpha value is -1.92. The molecule has 1 aliphatic heterocycles. The minimum Gasteiger partial charge on any atom is -0.373 e. The summed E-state index contributed by atoms with van der Waals surface area (Å²) in [6.45, 7) is 8.48. The Balaban J connectivity index is 0.00000151. The van der Waals surface area contributed by atoms with E-state index in [1.807, 2.05) is 11.8 Å². The number of thioether (sulfide) groups is 1. The highest BCUT2D eigenvalue weighted by Gasteiger charge is 2.09. The van der Waals surface area contributed by atoms with Gasteiger partial charge in [-0.1, -0.05) is 48.9 Å². The maximum Gasteiger partial charge on any atom is 0.101 e. The lowest BCUT2D eigenvalue weighted by Crippen LogP contribution is -2.29. The second kappa shape index (κ2) is 12.4. The molecule has 1 aromatic carbocycles. The topological polar surface area (TPSA) is 24.4 Å². The highest BCUT2D eigenvalue weighted by Crippen LogP contribution is 2.27. The summed E-state index contributed by atoms with van der Waals surface area (Å²) in [6, 6.07) is 6.81. The van der Waals surface area contributed by atoms with Gasteiger partial charge in [0.05, 0.1) is 0 Å². The number of hydrogen-bond donors (Lipinski definition) is 1. The van der Waals surface area contributed by atoms with Crippen LogP contribution in [0.3, 0.4) is 0 Å². The molecule has 0 saturated carbocycles. The van der Waals surface area contributed by atoms with Gasteiger partial charge in [0.15, 0.2) is 0 Å². The van der Waals surface area contributed by atoms with Gasteiger partial charge in [0, 0.05) is 25.3 Å². The lowest BCUT2D eigenvalue weighted by molar-refractivity contribution is 0.732. The Bertz CT molecular complexity index is 639. The van der Waals surface area contributed by atoms with E-state index >= 15 is 0 Å². The van der Waals surface area contributed by atoms with Gasteiger partial charge < -0.3 is 5.32 Å². The zero-order valence-electron chi connectivity index (χ0n) is 15.7. The third-order valence-electron chi connectivity index (χ3n) is 3.94. The molecule has 2 nitrogen and oxygen atoms in total. The predicted molar refractivity (Wildman–Crippen MR) is 114 cm³/mol. The molecular formula is C22H30N2S. The Morgan fingerprint density at radius 1 is 1.32 bits per heavy atom. The number of allylic oxidation sites excluding steroid dienone is 3. The van der Waals surface area contributed by atoms with Crippen LogP contribution in [-0.2, 0) is 12.2 Å². The van der Waals surface area contributed by atoms with E-state index in [2.05, 4.69) is 80.4 Å². The van der Waals surface area contributed by atoms with Crippen LogP contribution in [0.2, 0.25) is 0 Å². The summed E-state index contributed by atoms with van der Waals surface area (Å²) < 4.78 is 0. The lowest BCUT2D eigenvalue weighted by atomic mass is 10.0. The fourth-order valence-electron chi connectivity index (χ4n) is 2.63. The molecule has 0 amide bonds. The summed E-state index contributed by atoms with van der Waals surface area (Å²) in [7, 11) is 0. The summed E-state index contributed by atoms with van der Waals surface area (Å²) in [5.41, 5.74) is 4.26. The molecule has 0 spiro atoms. The van der Waals surface area contributed by atoms with E-state index < -0.39 is 0 Å². The molecular weight excluding hydrogens is 324 g/mol. The number of nitrogens with one attached hydrogen (secondary N) is 1. The maximum atomic E-state index is 4.61. The van der Waals surface area contributed by atoms with Gasteiger partial charge in [0.1, 0.15) is 5.84 Å². The molecule has 1 N–H and O–H groups in total. The molecule has 0 bridgehead atoms. The Labute approximate surface area is 157 Å². The quantitative estimate of drug-likeness (QED) is 0.532. The number of aliphatic imine (C=N–C) groups is 1. The van der Waals surface area contributed by atoms with E-state index in [0.717, 1.165) is 43.9 Å². The summed E-state index contributed by atoms with van der Waals surface area (Å²) >= 11 is 1.94. The fourth-order valence-corrected chi connectivity index (χ4v) is 3.65. The van der Waals surface area contributed by atoms with E-state index in [1.165, 1.54) is 21.6 Å². The third-order valence-corrected chi connectivity index (χ3v) is 5.05. The average molecular weight is 355 g/mol. The SMILES string of the molecule is C#C.C/C=C\C=C(/CC1=NCCCN1)SCc1cc(C)ccc1CC. The molecule has 1 aliphatic rings. The standard InChI is InChI=1S/C20H28N2S.C2H2/c1-4-6-8-19(14-20-21-11-7-12-22-20)23-15-18-13-16(3)9-10-17(18)5-2;1-2/h4,6,8-10,13H,5,7,11-12,14-15H2,1-3H3,(H,21,22);1-2H/b6-4-,19-8+;. The molecule has 3 heteroatoms. The molecule has 1 heterocycles. The number of nitrogens with zero attached hydrogens (tertiary/aromatic N) is 1. The highest BCUT2D eigenvalue weighted by molar-refractivity contribution is 8.02. The molecule has 0 fully saturated rings. The van der Waals surface area contributed by atoms with E-state index in [1.54, 1.807) is 0 Å². The smallest absolute Gasteiger partial charge is 0.101 e. The first-order valence-electron chi connectivity index (χ1n) is 8.86. The van der Waals surface area contributed by atoms with Gasteiger partial charge in [0.25, 0.3) is 0 Å². The monoisotopic (exact) mass is 354 g/mol. The van der Waals surface area contributed by atoms with Gasteiger partial charge >= 0.3 is 0 Å². The molecule has 134 valence electrons. The second-order valence-electron chi connectivity index (χ2n) is 5.86. The van der Waals surface area contributed by atoms with Crippen molar-refractivity contribution >= 4 is 17.6 Å². The van der Waals surface area contributed by atoms with Crippen molar-refractivity contribution in [3.63, 3.8) is 0 Å². The van der Waals surface area contributed by atoms with Crippen LogP contribution >= 0.6 is 11.8 Å². The van der Waals surface area contributed by atoms with E-state index in [9.17, 15) is 0 Å². The maximum absolute atomic E-state index is 4.61. The van der Waals surface area contributed by atoms with Crippen molar-refractivity contribution < 1.29 is 0 Å². The molecule has 0 aromatic heterocycles. The molecule has 0 unspecified atom stereocenters. The molecule has 0 radical (unpaired) electrons. The van der Waals surface area contributed by atoms with Crippen LogP contribution in [-0.4, -0.2) is 18.9 Å². The Kier molecular flexibility index (Phi) is 10.5. The molecule has 1 aromatic rings. The second-order valence-corrected chi connectivity index (χ2v) is 6.96. The molecule has 0 atom stereocenters. The third kappa shape index (κ3) is 7.67. The number of rotatable bonds is 7. The number of hydrogen-bond acceptors (Lipinski definition) is 3. The van der Waals surface area contributed by atoms with E-state index in [0.29, 0.717) is 0 Å². The van der Waals surface area contributed by atoms with E-state index in [-0.39, 0.29) is 0 Å². The number of amidine groups is 1. The minimum absolute atomic E-state index is 0.919. The first-order chi connectivity index (χ1) is 12.2. The number of terminal acetylenes is 1. The number of benzene rings is 1. The predicted octanol–water partition coefficient (Wildman–Crippen LogP) is 5.28. The summed E-state index contributed by atoms with van der Waals surface area (Å²) in [5, 5.41) is 3.43. The molecule has 0 aliphatic carbocycles. The van der Waals surface area contributed by atoms with Gasteiger partial charge in [-0.2, -0.15) is 0 Å². The van der Waals surface area contributed by atoms with Gasteiger partial charge in [0.2, 0.25) is 0 Å². The van der Waals surface area contributed by atoms with Crippen molar-refractivity contribution in [1.29, 1.82) is 0 Å². The van der Waals surface area contributed by atoms with Crippen LogP contribution < -0.4 is 5.32 Å². The van der Waals surface area contributed by atoms with Crippen molar-refractivity contribution in [2.75, 3.05) is 13.1 Å². The summed E-state index contributed by atoms with van der Waals surface area (Å²) in [6.07, 6.45) is 17.6. The summed E-state index contributed by atoms with van der Waals surface area (Å²) in [4.78, 5) is 5.98. The Morgan fingerprint density at radius 3 is 2.76 bits per heavy atom. The first-order valence-corrected chi connectivity index (χ1v) is 9.85. The van der Waals surface area contributed by atoms with Crippen molar-refractivity contribution in [1.82, 2.24) is 5.32 Å². The summed E-state index contributed by atoms with van der Waals surface area (Å²) in [5.74, 6) is 2.17. The van der Waals surface area contributed by atoms with Crippen LogP contribution in [0.1, 0.15) is 43.4 Å². The Morgan fingerprint density at radius 2 is 2.12 bits per heavy atom. The zero-order chi connectivity index (χ0) is 18.5. The molecule has 25 heavy (non-hydrogen) atoms. The normalized spacial score (nSPS) is 14.4. The van der Waals surface area contributed by atoms with E-state index in [4.69, 9.17) is 0 Å². The first kappa shape index (κ1) is 21.1. The van der Waals surface area contributed by atoms with Crippen LogP contribution in [0, 0.1) is 19.8 Å². The van der Waals surface area contributed by atoms with Crippen LogP contribution in [0.4, 0.5) is 0 Å². The van der Waals surface area contributed by atoms with Gasteiger partial charge in [-0.25, -0.2) is 0 Å². The fraction of sp³-hybridized carbons (Fsp3) is 0.409. The highest BCUT2D eigenvalue weighted by atomic mass is 32.2.